The van der Waals surface area contributed by atoms with Gasteiger partial charge in [-0.2, -0.15) is 4.98 Å². The fourth-order valence-electron chi connectivity index (χ4n) is 3.02. The molecule has 1 aliphatic rings. The summed E-state index contributed by atoms with van der Waals surface area (Å²) in [6.07, 6.45) is 0. The maximum Gasteiger partial charge on any atom is 0.215 e. The summed E-state index contributed by atoms with van der Waals surface area (Å²) in [7, 11) is 0. The number of benzene rings is 1. The third-order valence-corrected chi connectivity index (χ3v) is 4.13. The SMILES string of the molecule is CCOc1ccc2c(n1)NCc1c-2nc2ccccc2c1C. The molecule has 0 unspecified atom stereocenters. The van der Waals surface area contributed by atoms with Crippen LogP contribution in [0.1, 0.15) is 18.1 Å². The zero-order chi connectivity index (χ0) is 15.1. The van der Waals surface area contributed by atoms with E-state index in [2.05, 4.69) is 35.4 Å². The van der Waals surface area contributed by atoms with Gasteiger partial charge in [0.15, 0.2) is 0 Å². The molecule has 2 aromatic heterocycles. The number of anilines is 1. The first-order valence-corrected chi connectivity index (χ1v) is 7.54. The predicted molar refractivity (Wildman–Crippen MR) is 88.2 cm³/mol. The summed E-state index contributed by atoms with van der Waals surface area (Å²) in [4.78, 5) is 9.41. The molecule has 4 heteroatoms. The van der Waals surface area contributed by atoms with E-state index in [0.29, 0.717) is 12.5 Å². The summed E-state index contributed by atoms with van der Waals surface area (Å²) in [6, 6.07) is 12.2. The maximum atomic E-state index is 5.48. The lowest BCUT2D eigenvalue weighted by molar-refractivity contribution is 0.327. The molecule has 0 saturated heterocycles. The highest BCUT2D eigenvalue weighted by molar-refractivity contribution is 5.90. The number of nitrogens with one attached hydrogen (secondary N) is 1. The molecule has 1 aromatic carbocycles. The van der Waals surface area contributed by atoms with Gasteiger partial charge in [-0.25, -0.2) is 4.98 Å². The van der Waals surface area contributed by atoms with Crippen LogP contribution >= 0.6 is 0 Å². The van der Waals surface area contributed by atoms with Crippen molar-refractivity contribution in [1.29, 1.82) is 0 Å². The Balaban J connectivity index is 1.94. The fourth-order valence-corrected chi connectivity index (χ4v) is 3.02. The minimum absolute atomic E-state index is 0.615. The van der Waals surface area contributed by atoms with Gasteiger partial charge in [0.1, 0.15) is 5.82 Å². The highest BCUT2D eigenvalue weighted by Crippen LogP contribution is 2.37. The maximum absolute atomic E-state index is 5.48. The Hall–Kier alpha value is -2.62. The largest absolute Gasteiger partial charge is 0.478 e. The van der Waals surface area contributed by atoms with Crippen molar-refractivity contribution in [2.24, 2.45) is 0 Å². The van der Waals surface area contributed by atoms with Crippen molar-refractivity contribution in [3.05, 3.63) is 47.5 Å². The van der Waals surface area contributed by atoms with Gasteiger partial charge >= 0.3 is 0 Å². The van der Waals surface area contributed by atoms with E-state index in [9.17, 15) is 0 Å². The Morgan fingerprint density at radius 3 is 2.86 bits per heavy atom. The van der Waals surface area contributed by atoms with Crippen LogP contribution < -0.4 is 10.1 Å². The van der Waals surface area contributed by atoms with Crippen molar-refractivity contribution in [2.75, 3.05) is 11.9 Å². The molecule has 1 N–H and O–H groups in total. The molecule has 0 aliphatic carbocycles. The zero-order valence-electron chi connectivity index (χ0n) is 12.7. The number of para-hydroxylation sites is 1. The van der Waals surface area contributed by atoms with Crippen LogP contribution in [0, 0.1) is 6.92 Å². The van der Waals surface area contributed by atoms with Crippen molar-refractivity contribution >= 4 is 16.7 Å². The molecule has 22 heavy (non-hydrogen) atoms. The Morgan fingerprint density at radius 1 is 1.14 bits per heavy atom. The normalized spacial score (nSPS) is 12.5. The van der Waals surface area contributed by atoms with Crippen LogP contribution in [0.5, 0.6) is 5.88 Å². The number of pyridine rings is 2. The van der Waals surface area contributed by atoms with Crippen molar-refractivity contribution in [3.63, 3.8) is 0 Å². The van der Waals surface area contributed by atoms with Gasteiger partial charge in [-0.3, -0.25) is 0 Å². The molecule has 0 saturated carbocycles. The first kappa shape index (κ1) is 13.1. The van der Waals surface area contributed by atoms with Gasteiger partial charge in [-0.15, -0.1) is 0 Å². The summed E-state index contributed by atoms with van der Waals surface area (Å²) in [5.74, 6) is 1.50. The lowest BCUT2D eigenvalue weighted by Crippen LogP contribution is -2.13. The molecule has 0 bridgehead atoms. The van der Waals surface area contributed by atoms with E-state index >= 15 is 0 Å². The number of aryl methyl sites for hydroxylation is 1. The zero-order valence-corrected chi connectivity index (χ0v) is 12.7. The molecular formula is C18H17N3O. The van der Waals surface area contributed by atoms with E-state index in [1.54, 1.807) is 0 Å². The summed E-state index contributed by atoms with van der Waals surface area (Å²) >= 11 is 0. The molecule has 0 radical (unpaired) electrons. The van der Waals surface area contributed by atoms with E-state index in [4.69, 9.17) is 9.72 Å². The Kier molecular flexibility index (Phi) is 2.96. The number of ether oxygens (including phenoxy) is 1. The molecule has 1 aliphatic heterocycles. The van der Waals surface area contributed by atoms with Gasteiger partial charge in [0.2, 0.25) is 5.88 Å². The lowest BCUT2D eigenvalue weighted by atomic mass is 9.95. The van der Waals surface area contributed by atoms with Crippen molar-refractivity contribution in [3.8, 4) is 17.1 Å². The average Bonchev–Trinajstić information content (AvgIpc) is 2.55. The third-order valence-electron chi connectivity index (χ3n) is 4.13. The number of fused-ring (bicyclic) bond motifs is 4. The van der Waals surface area contributed by atoms with E-state index in [-0.39, 0.29) is 0 Å². The first-order chi connectivity index (χ1) is 10.8. The minimum atomic E-state index is 0.615. The summed E-state index contributed by atoms with van der Waals surface area (Å²) in [5, 5.41) is 4.61. The molecule has 110 valence electrons. The quantitative estimate of drug-likeness (QED) is 0.777. The van der Waals surface area contributed by atoms with Crippen molar-refractivity contribution in [2.45, 2.75) is 20.4 Å². The summed E-state index contributed by atoms with van der Waals surface area (Å²) in [5.41, 5.74) is 5.63. The second kappa shape index (κ2) is 4.98. The standard InChI is InChI=1S/C18H17N3O/c1-3-22-16-9-8-13-17-14(10-19-18(13)21-16)11(2)12-6-4-5-7-15(12)20-17/h4-9H,3,10H2,1-2H3,(H,19,21). The molecule has 0 spiro atoms. The van der Waals surface area contributed by atoms with E-state index in [1.165, 1.54) is 16.5 Å². The third kappa shape index (κ3) is 1.91. The van der Waals surface area contributed by atoms with Crippen molar-refractivity contribution in [1.82, 2.24) is 9.97 Å². The van der Waals surface area contributed by atoms with Gasteiger partial charge in [0, 0.05) is 29.1 Å². The second-order valence-corrected chi connectivity index (χ2v) is 5.41. The average molecular weight is 291 g/mol. The van der Waals surface area contributed by atoms with Crippen LogP contribution in [0.2, 0.25) is 0 Å². The molecule has 4 nitrogen and oxygen atoms in total. The topological polar surface area (TPSA) is 47.0 Å². The van der Waals surface area contributed by atoms with Gasteiger partial charge in [-0.05, 0) is 31.5 Å². The highest BCUT2D eigenvalue weighted by atomic mass is 16.5. The smallest absolute Gasteiger partial charge is 0.215 e. The van der Waals surface area contributed by atoms with Crippen LogP contribution in [0.25, 0.3) is 22.2 Å². The van der Waals surface area contributed by atoms with Crippen LogP contribution in [0.3, 0.4) is 0 Å². The highest BCUT2D eigenvalue weighted by Gasteiger charge is 2.21. The van der Waals surface area contributed by atoms with Gasteiger partial charge < -0.3 is 10.1 Å². The van der Waals surface area contributed by atoms with E-state index < -0.39 is 0 Å². The minimum Gasteiger partial charge on any atom is -0.478 e. The molecule has 0 amide bonds. The molecule has 0 fully saturated rings. The number of aromatic nitrogens is 2. The van der Waals surface area contributed by atoms with Crippen LogP contribution in [0.4, 0.5) is 5.82 Å². The Bertz CT molecular complexity index is 874. The molecular weight excluding hydrogens is 274 g/mol. The number of hydrogen-bond acceptors (Lipinski definition) is 4. The van der Waals surface area contributed by atoms with Crippen LogP contribution in [0.15, 0.2) is 36.4 Å². The summed E-state index contributed by atoms with van der Waals surface area (Å²) in [6.45, 7) is 5.48. The molecule has 3 aromatic rings. The molecule has 0 atom stereocenters. The number of nitrogens with zero attached hydrogens (tertiary/aromatic N) is 2. The van der Waals surface area contributed by atoms with E-state index in [1.807, 2.05) is 25.1 Å². The fraction of sp³-hybridized carbons (Fsp3) is 0.222. The van der Waals surface area contributed by atoms with E-state index in [0.717, 1.165) is 29.1 Å². The van der Waals surface area contributed by atoms with Gasteiger partial charge in [0.05, 0.1) is 17.8 Å². The molecule has 3 heterocycles. The Morgan fingerprint density at radius 2 is 2.00 bits per heavy atom. The van der Waals surface area contributed by atoms with Gasteiger partial charge in [-0.1, -0.05) is 18.2 Å². The Labute approximate surface area is 129 Å². The number of rotatable bonds is 2. The summed E-state index contributed by atoms with van der Waals surface area (Å²) < 4.78 is 5.48. The monoisotopic (exact) mass is 291 g/mol. The predicted octanol–water partition coefficient (Wildman–Crippen LogP) is 3.93. The van der Waals surface area contributed by atoms with Gasteiger partial charge in [0.25, 0.3) is 0 Å². The van der Waals surface area contributed by atoms with Crippen molar-refractivity contribution < 1.29 is 4.74 Å². The molecule has 4 rings (SSSR count). The van der Waals surface area contributed by atoms with Crippen LogP contribution in [-0.2, 0) is 6.54 Å². The first-order valence-electron chi connectivity index (χ1n) is 7.54. The number of hydrogen-bond donors (Lipinski definition) is 1. The lowest BCUT2D eigenvalue weighted by Gasteiger charge is -2.23. The van der Waals surface area contributed by atoms with Crippen LogP contribution in [-0.4, -0.2) is 16.6 Å². The second-order valence-electron chi connectivity index (χ2n) is 5.41.